The molecule has 1 N–H and O–H groups in total. The number of halogens is 2. The van der Waals surface area contributed by atoms with Crippen molar-refractivity contribution in [2.75, 3.05) is 5.32 Å². The van der Waals surface area contributed by atoms with Crippen molar-refractivity contribution in [2.24, 2.45) is 0 Å². The summed E-state index contributed by atoms with van der Waals surface area (Å²) in [7, 11) is 0. The quantitative estimate of drug-likeness (QED) is 0.739. The summed E-state index contributed by atoms with van der Waals surface area (Å²) in [6, 6.07) is 13.3. The lowest BCUT2D eigenvalue weighted by Gasteiger charge is -2.20. The number of hydrogen-bond acceptors (Lipinski definition) is 1. The van der Waals surface area contributed by atoms with Gasteiger partial charge in [-0.25, -0.2) is 4.39 Å². The SMILES string of the molecule is CC(Nc1ccc(C(C)(C)C)cc1)c1ccc(Cl)c(F)c1. The molecule has 1 unspecified atom stereocenters. The van der Waals surface area contributed by atoms with Crippen LogP contribution in [-0.2, 0) is 5.41 Å². The molecule has 2 rings (SSSR count). The van der Waals surface area contributed by atoms with Crippen LogP contribution in [0, 0.1) is 5.82 Å². The Balaban J connectivity index is 2.12. The Hall–Kier alpha value is -1.54. The second kappa shape index (κ2) is 6.07. The third kappa shape index (κ3) is 3.98. The molecular formula is C18H21ClFN. The molecule has 0 aliphatic carbocycles. The van der Waals surface area contributed by atoms with Gasteiger partial charge in [-0.05, 0) is 47.7 Å². The summed E-state index contributed by atoms with van der Waals surface area (Å²) in [5, 5.41) is 3.53. The van der Waals surface area contributed by atoms with E-state index < -0.39 is 0 Å². The summed E-state index contributed by atoms with van der Waals surface area (Å²) >= 11 is 5.71. The number of anilines is 1. The van der Waals surface area contributed by atoms with E-state index in [0.29, 0.717) is 0 Å². The Morgan fingerprint density at radius 3 is 2.19 bits per heavy atom. The molecule has 0 saturated heterocycles. The molecule has 1 atom stereocenters. The van der Waals surface area contributed by atoms with E-state index in [-0.39, 0.29) is 22.3 Å². The second-order valence-corrected chi connectivity index (χ2v) is 6.77. The highest BCUT2D eigenvalue weighted by Gasteiger charge is 2.13. The van der Waals surface area contributed by atoms with Gasteiger partial charge in [0.15, 0.2) is 0 Å². The fraction of sp³-hybridized carbons (Fsp3) is 0.333. The third-order valence-corrected chi connectivity index (χ3v) is 3.88. The van der Waals surface area contributed by atoms with E-state index >= 15 is 0 Å². The van der Waals surface area contributed by atoms with Gasteiger partial charge < -0.3 is 5.32 Å². The summed E-state index contributed by atoms with van der Waals surface area (Å²) < 4.78 is 13.5. The van der Waals surface area contributed by atoms with E-state index in [0.717, 1.165) is 11.3 Å². The van der Waals surface area contributed by atoms with Gasteiger partial charge in [-0.3, -0.25) is 0 Å². The van der Waals surface area contributed by atoms with Crippen molar-refractivity contribution >= 4 is 17.3 Å². The molecule has 0 amide bonds. The van der Waals surface area contributed by atoms with Crippen molar-refractivity contribution in [2.45, 2.75) is 39.2 Å². The first kappa shape index (κ1) is 15.8. The Morgan fingerprint density at radius 1 is 1.05 bits per heavy atom. The average molecular weight is 306 g/mol. The van der Waals surface area contributed by atoms with Crippen LogP contribution < -0.4 is 5.32 Å². The highest BCUT2D eigenvalue weighted by atomic mass is 35.5. The van der Waals surface area contributed by atoms with Gasteiger partial charge in [0.25, 0.3) is 0 Å². The van der Waals surface area contributed by atoms with Gasteiger partial charge in [0.2, 0.25) is 0 Å². The molecular weight excluding hydrogens is 285 g/mol. The number of nitrogens with one attached hydrogen (secondary N) is 1. The predicted molar refractivity (Wildman–Crippen MR) is 88.6 cm³/mol. The molecule has 2 aromatic rings. The minimum atomic E-state index is -0.383. The molecule has 0 aliphatic rings. The van der Waals surface area contributed by atoms with Gasteiger partial charge in [-0.2, -0.15) is 0 Å². The van der Waals surface area contributed by atoms with Gasteiger partial charge in [0.05, 0.1) is 5.02 Å². The Kier molecular flexibility index (Phi) is 4.58. The Bertz CT molecular complexity index is 614. The molecule has 0 fully saturated rings. The molecule has 1 nitrogen and oxygen atoms in total. The fourth-order valence-corrected chi connectivity index (χ4v) is 2.30. The van der Waals surface area contributed by atoms with Crippen molar-refractivity contribution in [1.82, 2.24) is 0 Å². The van der Waals surface area contributed by atoms with Crippen molar-refractivity contribution in [3.05, 3.63) is 64.4 Å². The molecule has 0 bridgehead atoms. The van der Waals surface area contributed by atoms with Gasteiger partial charge in [0.1, 0.15) is 5.82 Å². The predicted octanol–water partition coefficient (Wildman–Crippen LogP) is 5.95. The third-order valence-electron chi connectivity index (χ3n) is 3.58. The monoisotopic (exact) mass is 305 g/mol. The van der Waals surface area contributed by atoms with Crippen LogP contribution in [0.4, 0.5) is 10.1 Å². The topological polar surface area (TPSA) is 12.0 Å². The summed E-state index contributed by atoms with van der Waals surface area (Å²) in [6.07, 6.45) is 0. The molecule has 0 aromatic heterocycles. The van der Waals surface area contributed by atoms with Crippen molar-refractivity contribution in [1.29, 1.82) is 0 Å². The first-order chi connectivity index (χ1) is 9.77. The van der Waals surface area contributed by atoms with E-state index in [1.807, 2.05) is 13.0 Å². The van der Waals surface area contributed by atoms with E-state index in [1.165, 1.54) is 11.6 Å². The van der Waals surface area contributed by atoms with E-state index in [9.17, 15) is 4.39 Å². The van der Waals surface area contributed by atoms with E-state index in [1.54, 1.807) is 6.07 Å². The Labute approximate surface area is 131 Å². The standard InChI is InChI=1S/C18H21ClFN/c1-12(13-5-10-16(19)17(20)11-13)21-15-8-6-14(7-9-15)18(2,3)4/h5-12,21H,1-4H3. The highest BCUT2D eigenvalue weighted by Crippen LogP contribution is 2.26. The minimum absolute atomic E-state index is 0.0113. The maximum absolute atomic E-state index is 13.5. The van der Waals surface area contributed by atoms with E-state index in [4.69, 9.17) is 11.6 Å². The zero-order valence-electron chi connectivity index (χ0n) is 12.9. The molecule has 0 spiro atoms. The van der Waals surface area contributed by atoms with Gasteiger partial charge in [-0.15, -0.1) is 0 Å². The average Bonchev–Trinajstić information content (AvgIpc) is 2.41. The zero-order valence-corrected chi connectivity index (χ0v) is 13.6. The van der Waals surface area contributed by atoms with Gasteiger partial charge >= 0.3 is 0 Å². The first-order valence-corrected chi connectivity index (χ1v) is 7.47. The highest BCUT2D eigenvalue weighted by molar-refractivity contribution is 6.30. The number of rotatable bonds is 3. The molecule has 0 saturated carbocycles. The molecule has 21 heavy (non-hydrogen) atoms. The normalized spacial score (nSPS) is 13.0. The molecule has 0 heterocycles. The maximum Gasteiger partial charge on any atom is 0.142 e. The number of benzene rings is 2. The molecule has 0 radical (unpaired) electrons. The van der Waals surface area contributed by atoms with Crippen LogP contribution in [0.5, 0.6) is 0 Å². The lowest BCUT2D eigenvalue weighted by molar-refractivity contribution is 0.590. The van der Waals surface area contributed by atoms with E-state index in [2.05, 4.69) is 50.4 Å². The maximum atomic E-state index is 13.5. The van der Waals surface area contributed by atoms with Gasteiger partial charge in [-0.1, -0.05) is 50.6 Å². The van der Waals surface area contributed by atoms with Crippen LogP contribution in [0.15, 0.2) is 42.5 Å². The number of hydrogen-bond donors (Lipinski definition) is 1. The zero-order chi connectivity index (χ0) is 15.6. The van der Waals surface area contributed by atoms with Crippen LogP contribution in [-0.4, -0.2) is 0 Å². The first-order valence-electron chi connectivity index (χ1n) is 7.09. The van der Waals surface area contributed by atoms with Gasteiger partial charge in [0, 0.05) is 11.7 Å². The second-order valence-electron chi connectivity index (χ2n) is 6.37. The van der Waals surface area contributed by atoms with Crippen LogP contribution >= 0.6 is 11.6 Å². The molecule has 3 heteroatoms. The summed E-state index contributed by atoms with van der Waals surface area (Å²) in [5.41, 5.74) is 3.32. The molecule has 0 aliphatic heterocycles. The summed E-state index contributed by atoms with van der Waals surface area (Å²) in [6.45, 7) is 8.57. The summed E-state index contributed by atoms with van der Waals surface area (Å²) in [4.78, 5) is 0. The smallest absolute Gasteiger partial charge is 0.142 e. The Morgan fingerprint density at radius 2 is 1.67 bits per heavy atom. The van der Waals surface area contributed by atoms with Crippen molar-refractivity contribution in [3.8, 4) is 0 Å². The van der Waals surface area contributed by atoms with Crippen molar-refractivity contribution < 1.29 is 4.39 Å². The van der Waals surface area contributed by atoms with Crippen LogP contribution in [0.1, 0.15) is 44.9 Å². The molecule has 112 valence electrons. The summed E-state index contributed by atoms with van der Waals surface area (Å²) in [5.74, 6) is -0.383. The lowest BCUT2D eigenvalue weighted by Crippen LogP contribution is -2.11. The fourth-order valence-electron chi connectivity index (χ4n) is 2.18. The largest absolute Gasteiger partial charge is 0.379 e. The van der Waals surface area contributed by atoms with Crippen LogP contribution in [0.25, 0.3) is 0 Å². The van der Waals surface area contributed by atoms with Crippen molar-refractivity contribution in [3.63, 3.8) is 0 Å². The molecule has 2 aromatic carbocycles. The van der Waals surface area contributed by atoms with Crippen LogP contribution in [0.2, 0.25) is 5.02 Å². The lowest BCUT2D eigenvalue weighted by atomic mass is 9.87. The van der Waals surface area contributed by atoms with Crippen LogP contribution in [0.3, 0.4) is 0 Å². The minimum Gasteiger partial charge on any atom is -0.379 e.